The lowest BCUT2D eigenvalue weighted by molar-refractivity contribution is -0.236. The van der Waals surface area contributed by atoms with E-state index in [9.17, 15) is 24.0 Å². The highest BCUT2D eigenvalue weighted by Crippen LogP contribution is 2.14. The summed E-state index contributed by atoms with van der Waals surface area (Å²) in [4.78, 5) is 68.5. The van der Waals surface area contributed by atoms with Crippen molar-refractivity contribution in [2.75, 3.05) is 13.2 Å². The highest BCUT2D eigenvalue weighted by atomic mass is 16.7. The van der Waals surface area contributed by atoms with Gasteiger partial charge in [0.25, 0.3) is 17.7 Å². The van der Waals surface area contributed by atoms with Crippen molar-refractivity contribution in [1.82, 2.24) is 10.1 Å². The molecule has 0 unspecified atom stereocenters. The first kappa shape index (κ1) is 20.6. The maximum atomic E-state index is 12.2. The molecule has 0 atom stereocenters. The molecule has 0 bridgehead atoms. The van der Waals surface area contributed by atoms with Gasteiger partial charge < -0.3 is 9.57 Å². The zero-order chi connectivity index (χ0) is 19.2. The smallest absolute Gasteiger partial charge is 0.355 e. The first-order chi connectivity index (χ1) is 11.5. The lowest BCUT2D eigenvalue weighted by Crippen LogP contribution is -2.44. The number of imide groups is 1. The van der Waals surface area contributed by atoms with E-state index in [-0.39, 0.29) is 19.4 Å². The van der Waals surface area contributed by atoms with Crippen LogP contribution in [0.25, 0.3) is 0 Å². The maximum absolute atomic E-state index is 12.2. The molecule has 1 aliphatic heterocycles. The van der Waals surface area contributed by atoms with Crippen LogP contribution in [0.4, 0.5) is 0 Å². The summed E-state index contributed by atoms with van der Waals surface area (Å²) < 4.78 is 4.68. The summed E-state index contributed by atoms with van der Waals surface area (Å²) >= 11 is 0. The Bertz CT molecular complexity index is 550. The minimum atomic E-state index is -1.05. The molecule has 3 amide bonds. The largest absolute Gasteiger partial charge is 0.466 e. The summed E-state index contributed by atoms with van der Waals surface area (Å²) in [6, 6.07) is 0. The van der Waals surface area contributed by atoms with Crippen molar-refractivity contribution in [3.63, 3.8) is 0 Å². The Labute approximate surface area is 144 Å². The normalized spacial score (nSPS) is 14.5. The molecular formula is C15H22N2O8. The van der Waals surface area contributed by atoms with Crippen LogP contribution in [0.15, 0.2) is 0 Å². The van der Waals surface area contributed by atoms with Crippen LogP contribution in [0, 0.1) is 0 Å². The van der Waals surface area contributed by atoms with Crippen molar-refractivity contribution >= 4 is 29.7 Å². The van der Waals surface area contributed by atoms with Gasteiger partial charge >= 0.3 is 11.9 Å². The fourth-order valence-electron chi connectivity index (χ4n) is 1.83. The molecule has 0 aromatic rings. The van der Waals surface area contributed by atoms with Crippen molar-refractivity contribution in [2.45, 2.75) is 52.6 Å². The number of hydrogen-bond donors (Lipinski definition) is 0. The highest BCUT2D eigenvalue weighted by molar-refractivity contribution is 6.01. The molecular weight excluding hydrogens is 336 g/mol. The van der Waals surface area contributed by atoms with Crippen molar-refractivity contribution in [3.05, 3.63) is 0 Å². The van der Waals surface area contributed by atoms with Gasteiger partial charge in [-0.15, -0.1) is 5.06 Å². The molecule has 10 nitrogen and oxygen atoms in total. The summed E-state index contributed by atoms with van der Waals surface area (Å²) in [5, 5.41) is 1.03. The molecule has 0 radical (unpaired) electrons. The molecule has 25 heavy (non-hydrogen) atoms. The number of rotatable bonds is 7. The Morgan fingerprint density at radius 3 is 2.12 bits per heavy atom. The van der Waals surface area contributed by atoms with Gasteiger partial charge in [0.05, 0.1) is 12.2 Å². The number of hydrogen-bond acceptors (Lipinski definition) is 8. The Kier molecular flexibility index (Phi) is 7.04. The van der Waals surface area contributed by atoms with Crippen molar-refractivity contribution < 1.29 is 38.4 Å². The Balaban J connectivity index is 2.73. The fourth-order valence-corrected chi connectivity index (χ4v) is 1.83. The van der Waals surface area contributed by atoms with E-state index in [4.69, 9.17) is 4.84 Å². The molecule has 0 aliphatic carbocycles. The monoisotopic (exact) mass is 358 g/mol. The van der Waals surface area contributed by atoms with E-state index in [1.807, 2.05) is 0 Å². The van der Waals surface area contributed by atoms with Gasteiger partial charge in [0.1, 0.15) is 13.0 Å². The van der Waals surface area contributed by atoms with E-state index in [0.29, 0.717) is 10.1 Å². The second-order valence-electron chi connectivity index (χ2n) is 6.16. The highest BCUT2D eigenvalue weighted by Gasteiger charge is 2.34. The minimum Gasteiger partial charge on any atom is -0.466 e. The third-order valence-electron chi connectivity index (χ3n) is 2.73. The Morgan fingerprint density at radius 2 is 1.64 bits per heavy atom. The first-order valence-corrected chi connectivity index (χ1v) is 7.75. The van der Waals surface area contributed by atoms with Crippen LogP contribution in [-0.4, -0.2) is 58.5 Å². The average Bonchev–Trinajstić information content (AvgIpc) is 2.77. The van der Waals surface area contributed by atoms with Crippen molar-refractivity contribution in [1.29, 1.82) is 0 Å². The van der Waals surface area contributed by atoms with Crippen LogP contribution in [0.5, 0.6) is 0 Å². The number of amides is 3. The van der Waals surface area contributed by atoms with Crippen LogP contribution < -0.4 is 0 Å². The van der Waals surface area contributed by atoms with Crippen LogP contribution in [0.1, 0.15) is 47.0 Å². The molecule has 0 spiro atoms. The second kappa shape index (κ2) is 8.56. The van der Waals surface area contributed by atoms with E-state index < -0.39 is 48.2 Å². The van der Waals surface area contributed by atoms with Gasteiger partial charge in [0.15, 0.2) is 0 Å². The van der Waals surface area contributed by atoms with Crippen LogP contribution in [-0.2, 0) is 38.4 Å². The molecule has 0 aromatic heterocycles. The lowest BCUT2D eigenvalue weighted by Gasteiger charge is -2.29. The fraction of sp³-hybridized carbons (Fsp3) is 0.667. The Morgan fingerprint density at radius 1 is 1.08 bits per heavy atom. The first-order valence-electron chi connectivity index (χ1n) is 7.75. The third kappa shape index (κ3) is 6.87. The van der Waals surface area contributed by atoms with Crippen LogP contribution in [0.3, 0.4) is 0 Å². The van der Waals surface area contributed by atoms with E-state index in [2.05, 4.69) is 9.57 Å². The molecule has 1 fully saturated rings. The summed E-state index contributed by atoms with van der Waals surface area (Å²) in [6.45, 7) is 5.90. The van der Waals surface area contributed by atoms with Crippen molar-refractivity contribution in [3.8, 4) is 0 Å². The van der Waals surface area contributed by atoms with E-state index in [0.717, 1.165) is 0 Å². The van der Waals surface area contributed by atoms with Gasteiger partial charge in [-0.25, -0.2) is 9.86 Å². The molecule has 0 aromatic carbocycles. The molecule has 0 N–H and O–H groups in total. The number of hydroxylamine groups is 4. The standard InChI is InChI=1S/C15H22N2O8/c1-5-23-13(21)8-12(20)16(25-15(2,3)4)9-14(22)24-17-10(18)6-7-11(17)19/h5-9H2,1-4H3. The molecule has 1 heterocycles. The van der Waals surface area contributed by atoms with E-state index in [1.54, 1.807) is 27.7 Å². The molecule has 1 aliphatic rings. The Hall–Kier alpha value is -2.49. The second-order valence-corrected chi connectivity index (χ2v) is 6.16. The number of nitrogens with zero attached hydrogens (tertiary/aromatic N) is 2. The van der Waals surface area contributed by atoms with Gasteiger partial charge in [-0.3, -0.25) is 24.0 Å². The summed E-state index contributed by atoms with van der Waals surface area (Å²) in [5.74, 6) is -3.92. The van der Waals surface area contributed by atoms with E-state index in [1.165, 1.54) is 0 Å². The lowest BCUT2D eigenvalue weighted by atomic mass is 10.2. The summed E-state index contributed by atoms with van der Waals surface area (Å²) in [5.41, 5.74) is -0.843. The van der Waals surface area contributed by atoms with Crippen LogP contribution in [0.2, 0.25) is 0 Å². The SMILES string of the molecule is CCOC(=O)CC(=O)N(CC(=O)ON1C(=O)CCC1=O)OC(C)(C)C. The number of carbonyl (C=O) groups excluding carboxylic acids is 5. The predicted molar refractivity (Wildman–Crippen MR) is 81.0 cm³/mol. The predicted octanol–water partition coefficient (Wildman–Crippen LogP) is 0.106. The van der Waals surface area contributed by atoms with Gasteiger partial charge in [-0.1, -0.05) is 0 Å². The van der Waals surface area contributed by atoms with Gasteiger partial charge in [0, 0.05) is 12.8 Å². The van der Waals surface area contributed by atoms with Gasteiger partial charge in [-0.2, -0.15) is 0 Å². The molecule has 10 heteroatoms. The number of esters is 1. The van der Waals surface area contributed by atoms with Crippen molar-refractivity contribution in [2.24, 2.45) is 0 Å². The van der Waals surface area contributed by atoms with Gasteiger partial charge in [0.2, 0.25) is 0 Å². The molecule has 140 valence electrons. The average molecular weight is 358 g/mol. The number of ether oxygens (including phenoxy) is 1. The number of carbonyl (C=O) groups is 5. The third-order valence-corrected chi connectivity index (χ3v) is 2.73. The zero-order valence-electron chi connectivity index (χ0n) is 14.7. The molecule has 0 saturated carbocycles. The zero-order valence-corrected chi connectivity index (χ0v) is 14.7. The summed E-state index contributed by atoms with van der Waals surface area (Å²) in [6.07, 6.45) is -0.717. The van der Waals surface area contributed by atoms with Crippen LogP contribution >= 0.6 is 0 Å². The molecule has 1 rings (SSSR count). The summed E-state index contributed by atoms with van der Waals surface area (Å²) in [7, 11) is 0. The minimum absolute atomic E-state index is 0.0455. The maximum Gasteiger partial charge on any atom is 0.355 e. The van der Waals surface area contributed by atoms with E-state index >= 15 is 0 Å². The van der Waals surface area contributed by atoms with Gasteiger partial charge in [-0.05, 0) is 27.7 Å². The molecule has 1 saturated heterocycles. The topological polar surface area (TPSA) is 120 Å². The quantitative estimate of drug-likeness (QED) is 0.272.